The maximum Gasteiger partial charge on any atom is 0.316 e. The normalized spacial score (nSPS) is 23.9. The van der Waals surface area contributed by atoms with E-state index in [2.05, 4.69) is 10.1 Å². The third-order valence-corrected chi connectivity index (χ3v) is 5.99. The molecule has 0 bridgehead atoms. The molecule has 2 aliphatic rings. The highest BCUT2D eigenvalue weighted by molar-refractivity contribution is 5.43. The lowest BCUT2D eigenvalue weighted by molar-refractivity contribution is 0.0190. The van der Waals surface area contributed by atoms with Gasteiger partial charge in [-0.15, -0.1) is 5.10 Å². The first-order valence-corrected chi connectivity index (χ1v) is 10.4. The maximum absolute atomic E-state index is 12.8. The molecule has 0 amide bonds. The summed E-state index contributed by atoms with van der Waals surface area (Å²) in [6.45, 7) is 4.84. The molecule has 8 nitrogen and oxygen atoms in total. The van der Waals surface area contributed by atoms with Crippen LogP contribution in [0.2, 0.25) is 0 Å². The summed E-state index contributed by atoms with van der Waals surface area (Å²) in [4.78, 5) is 17.3. The Balaban J connectivity index is 1.49. The molecule has 1 saturated carbocycles. The molecule has 4 rings (SSSR count). The van der Waals surface area contributed by atoms with E-state index in [1.807, 2.05) is 6.92 Å². The molecule has 0 N–H and O–H groups in total. The smallest absolute Gasteiger partial charge is 0.316 e. The predicted octanol–water partition coefficient (Wildman–Crippen LogP) is 2.30. The minimum absolute atomic E-state index is 0.129. The number of imidazole rings is 1. The van der Waals surface area contributed by atoms with Crippen molar-refractivity contribution >= 4 is 5.52 Å². The quantitative estimate of drug-likeness (QED) is 0.753. The Kier molecular flexibility index (Phi) is 5.96. The molecule has 1 aliphatic carbocycles. The van der Waals surface area contributed by atoms with Crippen LogP contribution in [0.4, 0.5) is 0 Å². The van der Waals surface area contributed by atoms with Crippen molar-refractivity contribution in [2.75, 3.05) is 26.4 Å². The molecule has 0 spiro atoms. The second kappa shape index (κ2) is 8.61. The minimum atomic E-state index is -0.129. The van der Waals surface area contributed by atoms with Crippen LogP contribution < -0.4 is 10.3 Å². The van der Waals surface area contributed by atoms with Gasteiger partial charge in [-0.1, -0.05) is 0 Å². The van der Waals surface area contributed by atoms with Crippen LogP contribution >= 0.6 is 0 Å². The number of fused-ring (bicyclic) bond motifs is 1. The Morgan fingerprint density at radius 1 is 1.18 bits per heavy atom. The zero-order valence-corrected chi connectivity index (χ0v) is 16.8. The molecule has 0 atom stereocenters. The van der Waals surface area contributed by atoms with Gasteiger partial charge >= 0.3 is 6.01 Å². The Morgan fingerprint density at radius 3 is 2.64 bits per heavy atom. The molecule has 8 heteroatoms. The highest BCUT2D eigenvalue weighted by Crippen LogP contribution is 2.28. The minimum Gasteiger partial charge on any atom is -0.463 e. The fourth-order valence-electron chi connectivity index (χ4n) is 4.28. The zero-order chi connectivity index (χ0) is 19.5. The van der Waals surface area contributed by atoms with Crippen molar-refractivity contribution in [3.63, 3.8) is 0 Å². The number of ether oxygens (including phenoxy) is 3. The topological polar surface area (TPSA) is 79.9 Å². The standard InChI is InChI=1S/C20H30N4O4/c1-3-27-16-6-4-14(5-7-16)13-28-20-22-24-17(19(25)23(20)2)12-21-18(24)15-8-10-26-11-9-15/h12,14-16H,3-11,13H2,1-2H3. The van der Waals surface area contributed by atoms with E-state index in [1.54, 1.807) is 17.8 Å². The molecule has 2 fully saturated rings. The molecule has 2 aromatic rings. The van der Waals surface area contributed by atoms with E-state index in [4.69, 9.17) is 14.2 Å². The Hall–Kier alpha value is -1.93. The van der Waals surface area contributed by atoms with Crippen LogP contribution in [0, 0.1) is 5.92 Å². The molecular formula is C20H30N4O4. The second-order valence-electron chi connectivity index (χ2n) is 7.86. The summed E-state index contributed by atoms with van der Waals surface area (Å²) < 4.78 is 20.3. The molecular weight excluding hydrogens is 360 g/mol. The van der Waals surface area contributed by atoms with Crippen molar-refractivity contribution in [3.8, 4) is 6.01 Å². The summed E-state index contributed by atoms with van der Waals surface area (Å²) in [5.41, 5.74) is 0.365. The fourth-order valence-corrected chi connectivity index (χ4v) is 4.28. The van der Waals surface area contributed by atoms with E-state index < -0.39 is 0 Å². The van der Waals surface area contributed by atoms with Gasteiger partial charge in [0.2, 0.25) is 0 Å². The van der Waals surface area contributed by atoms with Gasteiger partial charge in [-0.05, 0) is 51.4 Å². The first-order valence-electron chi connectivity index (χ1n) is 10.4. The summed E-state index contributed by atoms with van der Waals surface area (Å²) in [7, 11) is 1.71. The molecule has 0 unspecified atom stereocenters. The predicted molar refractivity (Wildman–Crippen MR) is 104 cm³/mol. The first-order chi connectivity index (χ1) is 13.7. The lowest BCUT2D eigenvalue weighted by atomic mass is 9.88. The van der Waals surface area contributed by atoms with Gasteiger partial charge in [0.1, 0.15) is 5.82 Å². The molecule has 0 aromatic carbocycles. The number of nitrogens with zero attached hydrogens (tertiary/aromatic N) is 4. The fraction of sp³-hybridized carbons (Fsp3) is 0.750. The number of rotatable bonds is 6. The van der Waals surface area contributed by atoms with Crippen LogP contribution in [-0.4, -0.2) is 51.7 Å². The summed E-state index contributed by atoms with van der Waals surface area (Å²) in [5, 5.41) is 4.63. The molecule has 1 aliphatic heterocycles. The zero-order valence-electron chi connectivity index (χ0n) is 16.8. The Bertz CT molecular complexity index is 848. The van der Waals surface area contributed by atoms with Crippen molar-refractivity contribution < 1.29 is 14.2 Å². The van der Waals surface area contributed by atoms with Gasteiger partial charge in [0.15, 0.2) is 5.52 Å². The van der Waals surface area contributed by atoms with Gasteiger partial charge in [0.05, 0.1) is 18.9 Å². The van der Waals surface area contributed by atoms with E-state index in [9.17, 15) is 4.79 Å². The summed E-state index contributed by atoms with van der Waals surface area (Å²) in [6.07, 6.45) is 8.11. The van der Waals surface area contributed by atoms with E-state index >= 15 is 0 Å². The van der Waals surface area contributed by atoms with E-state index in [0.29, 0.717) is 30.2 Å². The van der Waals surface area contributed by atoms with Gasteiger partial charge in [-0.25, -0.2) is 9.50 Å². The van der Waals surface area contributed by atoms with E-state index in [0.717, 1.165) is 64.2 Å². The van der Waals surface area contributed by atoms with Crippen LogP contribution in [-0.2, 0) is 16.5 Å². The van der Waals surface area contributed by atoms with Crippen molar-refractivity contribution in [2.24, 2.45) is 13.0 Å². The number of aromatic nitrogens is 4. The van der Waals surface area contributed by atoms with Gasteiger partial charge < -0.3 is 14.2 Å². The van der Waals surface area contributed by atoms with Crippen LogP contribution in [0.3, 0.4) is 0 Å². The van der Waals surface area contributed by atoms with Crippen LogP contribution in [0.5, 0.6) is 6.01 Å². The summed E-state index contributed by atoms with van der Waals surface area (Å²) >= 11 is 0. The van der Waals surface area contributed by atoms with Crippen LogP contribution in [0.25, 0.3) is 5.52 Å². The van der Waals surface area contributed by atoms with E-state index in [-0.39, 0.29) is 11.5 Å². The van der Waals surface area contributed by atoms with E-state index in [1.165, 1.54) is 4.57 Å². The third kappa shape index (κ3) is 3.93. The Labute approximate surface area is 164 Å². The first kappa shape index (κ1) is 19.4. The third-order valence-electron chi connectivity index (χ3n) is 5.99. The Morgan fingerprint density at radius 2 is 1.93 bits per heavy atom. The molecule has 154 valence electrons. The summed E-state index contributed by atoms with van der Waals surface area (Å²) in [5.74, 6) is 1.57. The SMILES string of the molecule is CCOC1CCC(COc2nn3c(C4CCOCC4)ncc3c(=O)n2C)CC1. The highest BCUT2D eigenvalue weighted by Gasteiger charge is 2.25. The number of hydrogen-bond acceptors (Lipinski definition) is 6. The van der Waals surface area contributed by atoms with Crippen LogP contribution in [0.1, 0.15) is 57.2 Å². The van der Waals surface area contributed by atoms with Crippen molar-refractivity contribution in [2.45, 2.75) is 57.5 Å². The lowest BCUT2D eigenvalue weighted by Gasteiger charge is -2.28. The summed E-state index contributed by atoms with van der Waals surface area (Å²) in [6, 6.07) is 0.357. The van der Waals surface area contributed by atoms with Crippen molar-refractivity contribution in [1.82, 2.24) is 19.2 Å². The van der Waals surface area contributed by atoms with Crippen molar-refractivity contribution in [3.05, 3.63) is 22.4 Å². The molecule has 3 heterocycles. The molecule has 2 aromatic heterocycles. The van der Waals surface area contributed by atoms with Gasteiger partial charge in [-0.2, -0.15) is 0 Å². The second-order valence-corrected chi connectivity index (χ2v) is 7.86. The van der Waals surface area contributed by atoms with Gasteiger partial charge in [-0.3, -0.25) is 9.36 Å². The van der Waals surface area contributed by atoms with Gasteiger partial charge in [0.25, 0.3) is 5.56 Å². The average Bonchev–Trinajstić information content (AvgIpc) is 3.15. The van der Waals surface area contributed by atoms with Gasteiger partial charge in [0, 0.05) is 32.8 Å². The van der Waals surface area contributed by atoms with Crippen molar-refractivity contribution in [1.29, 1.82) is 0 Å². The highest BCUT2D eigenvalue weighted by atomic mass is 16.5. The maximum atomic E-state index is 12.8. The monoisotopic (exact) mass is 390 g/mol. The lowest BCUT2D eigenvalue weighted by Crippen LogP contribution is -2.28. The largest absolute Gasteiger partial charge is 0.463 e. The van der Waals surface area contributed by atoms with Crippen LogP contribution in [0.15, 0.2) is 11.0 Å². The number of hydrogen-bond donors (Lipinski definition) is 0. The molecule has 1 saturated heterocycles. The molecule has 28 heavy (non-hydrogen) atoms. The average molecular weight is 390 g/mol. The molecule has 0 radical (unpaired) electrons.